The lowest BCUT2D eigenvalue weighted by Gasteiger charge is -2.01. The molecule has 0 aliphatic heterocycles. The summed E-state index contributed by atoms with van der Waals surface area (Å²) in [4.78, 5) is 32.4. The zero-order valence-electron chi connectivity index (χ0n) is 9.21. The monoisotopic (exact) mass is 237 g/mol. The van der Waals surface area contributed by atoms with E-state index in [0.29, 0.717) is 5.56 Å². The Labute approximate surface area is 97.3 Å². The van der Waals surface area contributed by atoms with Crippen LogP contribution in [0.25, 0.3) is 0 Å². The molecular weight excluding hydrogens is 226 g/mol. The van der Waals surface area contributed by atoms with E-state index < -0.39 is 16.7 Å². The second-order valence-corrected chi connectivity index (χ2v) is 3.35. The first kappa shape index (κ1) is 12.8. The number of para-hydroxylation sites is 1. The van der Waals surface area contributed by atoms with Crippen molar-refractivity contribution < 1.29 is 19.2 Å². The molecule has 0 amide bonds. The minimum absolute atomic E-state index is 0.120. The number of methoxy groups -OCH3 is 1. The quantitative estimate of drug-likeness (QED) is 0.333. The Bertz CT molecular complexity index is 455. The highest BCUT2D eigenvalue weighted by Gasteiger charge is 2.17. The molecule has 0 atom stereocenters. The molecule has 1 aromatic carbocycles. The summed E-state index contributed by atoms with van der Waals surface area (Å²) in [6, 6.07) is 5.94. The third-order valence-electron chi connectivity index (χ3n) is 2.15. The molecule has 0 radical (unpaired) electrons. The van der Waals surface area contributed by atoms with E-state index in [1.54, 1.807) is 6.07 Å². The van der Waals surface area contributed by atoms with E-state index in [9.17, 15) is 19.7 Å². The SMILES string of the molecule is COC(=O)CC(=O)Cc1ccccc1[N+](=O)[O-]. The summed E-state index contributed by atoms with van der Waals surface area (Å²) in [6.07, 6.45) is -0.519. The van der Waals surface area contributed by atoms with E-state index in [-0.39, 0.29) is 18.5 Å². The van der Waals surface area contributed by atoms with Gasteiger partial charge in [0.25, 0.3) is 5.69 Å². The minimum atomic E-state index is -0.645. The molecule has 6 heteroatoms. The van der Waals surface area contributed by atoms with E-state index >= 15 is 0 Å². The number of Topliss-reactive ketones (excluding diaryl/α,β-unsaturated/α-hetero) is 1. The highest BCUT2D eigenvalue weighted by molar-refractivity contribution is 5.96. The molecule has 0 fully saturated rings. The van der Waals surface area contributed by atoms with Crippen molar-refractivity contribution in [2.24, 2.45) is 0 Å². The zero-order valence-corrected chi connectivity index (χ0v) is 9.21. The van der Waals surface area contributed by atoms with Gasteiger partial charge < -0.3 is 4.74 Å². The zero-order chi connectivity index (χ0) is 12.8. The lowest BCUT2D eigenvalue weighted by atomic mass is 10.1. The number of esters is 1. The Morgan fingerprint density at radius 2 is 2.00 bits per heavy atom. The fraction of sp³-hybridized carbons (Fsp3) is 0.273. The minimum Gasteiger partial charge on any atom is -0.469 e. The van der Waals surface area contributed by atoms with Crippen molar-refractivity contribution >= 4 is 17.4 Å². The number of benzene rings is 1. The van der Waals surface area contributed by atoms with Gasteiger partial charge in [-0.3, -0.25) is 19.7 Å². The molecule has 0 aliphatic rings. The van der Waals surface area contributed by atoms with Crippen molar-refractivity contribution in [3.05, 3.63) is 39.9 Å². The highest BCUT2D eigenvalue weighted by atomic mass is 16.6. The van der Waals surface area contributed by atoms with Crippen molar-refractivity contribution in [3.63, 3.8) is 0 Å². The summed E-state index contributed by atoms with van der Waals surface area (Å²) in [7, 11) is 1.18. The van der Waals surface area contributed by atoms with Crippen LogP contribution in [0, 0.1) is 10.1 Å². The van der Waals surface area contributed by atoms with Gasteiger partial charge in [-0.2, -0.15) is 0 Å². The Hall–Kier alpha value is -2.24. The first-order valence-corrected chi connectivity index (χ1v) is 4.85. The van der Waals surface area contributed by atoms with Gasteiger partial charge in [0.15, 0.2) is 0 Å². The number of hydrogen-bond acceptors (Lipinski definition) is 5. The highest BCUT2D eigenvalue weighted by Crippen LogP contribution is 2.18. The summed E-state index contributed by atoms with van der Waals surface area (Å²) >= 11 is 0. The number of nitro groups is 1. The fourth-order valence-corrected chi connectivity index (χ4v) is 1.35. The van der Waals surface area contributed by atoms with Crippen LogP contribution in [0.15, 0.2) is 24.3 Å². The van der Waals surface area contributed by atoms with Crippen LogP contribution in [0.3, 0.4) is 0 Å². The number of ketones is 1. The molecule has 0 saturated heterocycles. The van der Waals surface area contributed by atoms with Crippen LogP contribution in [0.1, 0.15) is 12.0 Å². The molecule has 0 bridgehead atoms. The number of hydrogen-bond donors (Lipinski definition) is 0. The summed E-state index contributed by atoms with van der Waals surface area (Å²) in [5.74, 6) is -1.06. The molecule has 0 spiro atoms. The Balaban J connectivity index is 2.78. The number of nitrogens with zero attached hydrogens (tertiary/aromatic N) is 1. The topological polar surface area (TPSA) is 86.5 Å². The maximum absolute atomic E-state index is 11.4. The molecule has 1 aromatic rings. The average molecular weight is 237 g/mol. The van der Waals surface area contributed by atoms with E-state index in [0.717, 1.165) is 0 Å². The van der Waals surface area contributed by atoms with E-state index in [1.165, 1.54) is 25.3 Å². The van der Waals surface area contributed by atoms with Gasteiger partial charge in [0.2, 0.25) is 0 Å². The van der Waals surface area contributed by atoms with Crippen LogP contribution < -0.4 is 0 Å². The molecule has 0 N–H and O–H groups in total. The summed E-state index contributed by atoms with van der Waals surface area (Å²) in [5.41, 5.74) is 0.178. The number of nitro benzene ring substituents is 1. The Morgan fingerprint density at radius 1 is 1.35 bits per heavy atom. The van der Waals surface area contributed by atoms with Gasteiger partial charge in [0.1, 0.15) is 12.2 Å². The second kappa shape index (κ2) is 5.74. The summed E-state index contributed by atoms with van der Waals surface area (Å²) < 4.78 is 4.34. The average Bonchev–Trinajstić information content (AvgIpc) is 2.29. The third kappa shape index (κ3) is 3.67. The number of rotatable bonds is 5. The molecule has 1 rings (SSSR count). The summed E-state index contributed by atoms with van der Waals surface area (Å²) in [5, 5.41) is 10.7. The molecule has 0 aliphatic carbocycles. The Morgan fingerprint density at radius 3 is 2.59 bits per heavy atom. The normalized spacial score (nSPS) is 9.71. The van der Waals surface area contributed by atoms with E-state index in [2.05, 4.69) is 4.74 Å². The van der Waals surface area contributed by atoms with Gasteiger partial charge in [-0.25, -0.2) is 0 Å². The molecule has 90 valence electrons. The molecule has 0 unspecified atom stereocenters. The van der Waals surface area contributed by atoms with E-state index in [1.807, 2.05) is 0 Å². The van der Waals surface area contributed by atoms with Crippen LogP contribution in [-0.2, 0) is 20.7 Å². The molecule has 17 heavy (non-hydrogen) atoms. The van der Waals surface area contributed by atoms with Crippen LogP contribution in [0.2, 0.25) is 0 Å². The number of carbonyl (C=O) groups excluding carboxylic acids is 2. The van der Waals surface area contributed by atoms with E-state index in [4.69, 9.17) is 0 Å². The van der Waals surface area contributed by atoms with Gasteiger partial charge in [0.05, 0.1) is 12.0 Å². The number of carbonyl (C=O) groups is 2. The number of ether oxygens (including phenoxy) is 1. The maximum Gasteiger partial charge on any atom is 0.313 e. The molecule has 0 heterocycles. The first-order chi connectivity index (χ1) is 8.04. The van der Waals surface area contributed by atoms with Crippen molar-refractivity contribution in [2.45, 2.75) is 12.8 Å². The van der Waals surface area contributed by atoms with Gasteiger partial charge in [-0.15, -0.1) is 0 Å². The fourth-order valence-electron chi connectivity index (χ4n) is 1.35. The van der Waals surface area contributed by atoms with Crippen LogP contribution >= 0.6 is 0 Å². The largest absolute Gasteiger partial charge is 0.469 e. The smallest absolute Gasteiger partial charge is 0.313 e. The molecule has 0 aromatic heterocycles. The van der Waals surface area contributed by atoms with Crippen LogP contribution in [0.5, 0.6) is 0 Å². The standard InChI is InChI=1S/C11H11NO5/c1-17-11(14)7-9(13)6-8-4-2-3-5-10(8)12(15)16/h2-5H,6-7H2,1H3. The second-order valence-electron chi connectivity index (χ2n) is 3.35. The summed E-state index contributed by atoms with van der Waals surface area (Å²) in [6.45, 7) is 0. The lowest BCUT2D eigenvalue weighted by molar-refractivity contribution is -0.385. The Kier molecular flexibility index (Phi) is 4.33. The van der Waals surface area contributed by atoms with Crippen molar-refractivity contribution in [3.8, 4) is 0 Å². The predicted octanol–water partition coefficient (Wildman–Crippen LogP) is 1.27. The molecule has 0 saturated carbocycles. The van der Waals surface area contributed by atoms with Crippen molar-refractivity contribution in [1.29, 1.82) is 0 Å². The van der Waals surface area contributed by atoms with Gasteiger partial charge in [0, 0.05) is 18.1 Å². The van der Waals surface area contributed by atoms with Crippen molar-refractivity contribution in [1.82, 2.24) is 0 Å². The van der Waals surface area contributed by atoms with Crippen LogP contribution in [-0.4, -0.2) is 23.8 Å². The van der Waals surface area contributed by atoms with Gasteiger partial charge in [-0.1, -0.05) is 18.2 Å². The van der Waals surface area contributed by atoms with Crippen LogP contribution in [0.4, 0.5) is 5.69 Å². The van der Waals surface area contributed by atoms with Crippen molar-refractivity contribution in [2.75, 3.05) is 7.11 Å². The molecule has 6 nitrogen and oxygen atoms in total. The van der Waals surface area contributed by atoms with Gasteiger partial charge in [-0.05, 0) is 0 Å². The predicted molar refractivity (Wildman–Crippen MR) is 58.4 cm³/mol. The third-order valence-corrected chi connectivity index (χ3v) is 2.15. The first-order valence-electron chi connectivity index (χ1n) is 4.85. The lowest BCUT2D eigenvalue weighted by Crippen LogP contribution is -2.12. The van der Waals surface area contributed by atoms with Gasteiger partial charge >= 0.3 is 5.97 Å². The maximum atomic E-state index is 11.4. The molecular formula is C11H11NO5.